The minimum atomic E-state index is -0.932. The van der Waals surface area contributed by atoms with Crippen LogP contribution >= 0.6 is 0 Å². The molecule has 0 heterocycles. The highest BCUT2D eigenvalue weighted by atomic mass is 16.6. The first-order valence-corrected chi connectivity index (χ1v) is 5.40. The van der Waals surface area contributed by atoms with Crippen molar-refractivity contribution in [2.45, 2.75) is 25.8 Å². The number of non-ortho nitro benzene ring substituents is 1. The number of benzene rings is 1. The second-order valence-corrected chi connectivity index (χ2v) is 4.06. The lowest BCUT2D eigenvalue weighted by Gasteiger charge is -2.21. The van der Waals surface area contributed by atoms with Crippen LogP contribution in [0, 0.1) is 21.4 Å². The van der Waals surface area contributed by atoms with Gasteiger partial charge in [-0.25, -0.2) is 0 Å². The predicted octanol–water partition coefficient (Wildman–Crippen LogP) is 2.02. The molecular weight excluding hydrogens is 234 g/mol. The van der Waals surface area contributed by atoms with Crippen LogP contribution in [0.5, 0.6) is 0 Å². The quantitative estimate of drug-likeness (QED) is 0.650. The molecule has 0 aliphatic carbocycles. The Bertz CT molecular complexity index is 504. The zero-order valence-electron chi connectivity index (χ0n) is 10.1. The smallest absolute Gasteiger partial charge is 0.269 e. The van der Waals surface area contributed by atoms with Crippen LogP contribution in [-0.2, 0) is 0 Å². The van der Waals surface area contributed by atoms with E-state index >= 15 is 0 Å². The molecule has 6 nitrogen and oxygen atoms in total. The van der Waals surface area contributed by atoms with Gasteiger partial charge in [-0.3, -0.25) is 14.9 Å². The summed E-state index contributed by atoms with van der Waals surface area (Å²) < 4.78 is 0. The summed E-state index contributed by atoms with van der Waals surface area (Å²) in [5, 5.41) is 22.0. The standard InChI is InChI=1S/C12H13N3O3/c1-3-12(2,8-13)14-11(16)9-4-6-10(7-5-9)15(17)18/h4-7H,3H2,1-2H3,(H,14,16). The molecule has 0 aromatic heterocycles. The fraction of sp³-hybridized carbons (Fsp3) is 0.333. The number of nitrogens with zero attached hydrogens (tertiary/aromatic N) is 2. The molecule has 0 bridgehead atoms. The first-order valence-electron chi connectivity index (χ1n) is 5.40. The van der Waals surface area contributed by atoms with Crippen molar-refractivity contribution in [3.8, 4) is 6.07 Å². The Morgan fingerprint density at radius 3 is 2.44 bits per heavy atom. The first kappa shape index (κ1) is 13.6. The van der Waals surface area contributed by atoms with E-state index in [1.54, 1.807) is 13.8 Å². The van der Waals surface area contributed by atoms with E-state index in [0.717, 1.165) is 0 Å². The van der Waals surface area contributed by atoms with Crippen LogP contribution in [0.3, 0.4) is 0 Å². The molecule has 0 spiro atoms. The number of carbonyl (C=O) groups is 1. The van der Waals surface area contributed by atoms with Crippen molar-refractivity contribution in [1.82, 2.24) is 5.32 Å². The van der Waals surface area contributed by atoms with Gasteiger partial charge in [0.25, 0.3) is 11.6 Å². The highest BCUT2D eigenvalue weighted by molar-refractivity contribution is 5.95. The van der Waals surface area contributed by atoms with Gasteiger partial charge in [0.2, 0.25) is 0 Å². The van der Waals surface area contributed by atoms with Crippen LogP contribution < -0.4 is 5.32 Å². The molecule has 0 radical (unpaired) electrons. The van der Waals surface area contributed by atoms with Crippen molar-refractivity contribution in [2.24, 2.45) is 0 Å². The number of nitriles is 1. The number of nitro benzene ring substituents is 1. The fourth-order valence-corrected chi connectivity index (χ4v) is 1.25. The van der Waals surface area contributed by atoms with E-state index in [-0.39, 0.29) is 11.3 Å². The number of hydrogen-bond donors (Lipinski definition) is 1. The third kappa shape index (κ3) is 3.04. The second-order valence-electron chi connectivity index (χ2n) is 4.06. The number of carbonyl (C=O) groups excluding carboxylic acids is 1. The average Bonchev–Trinajstić information content (AvgIpc) is 2.38. The molecule has 0 aliphatic rings. The Balaban J connectivity index is 2.86. The van der Waals surface area contributed by atoms with Gasteiger partial charge in [-0.15, -0.1) is 0 Å². The lowest BCUT2D eigenvalue weighted by atomic mass is 10.0. The molecule has 0 aliphatic heterocycles. The van der Waals surface area contributed by atoms with Crippen LogP contribution in [-0.4, -0.2) is 16.4 Å². The van der Waals surface area contributed by atoms with Crippen LogP contribution in [0.2, 0.25) is 0 Å². The molecule has 18 heavy (non-hydrogen) atoms. The number of nitro groups is 1. The molecule has 0 saturated heterocycles. The van der Waals surface area contributed by atoms with Gasteiger partial charge in [-0.1, -0.05) is 6.92 Å². The summed E-state index contributed by atoms with van der Waals surface area (Å²) in [6.45, 7) is 3.41. The van der Waals surface area contributed by atoms with Crippen molar-refractivity contribution in [2.75, 3.05) is 0 Å². The second kappa shape index (κ2) is 5.27. The molecule has 6 heteroatoms. The molecule has 1 N–H and O–H groups in total. The normalized spacial score (nSPS) is 13.2. The minimum absolute atomic E-state index is 0.0786. The maximum atomic E-state index is 11.8. The molecule has 0 saturated carbocycles. The molecular formula is C12H13N3O3. The van der Waals surface area contributed by atoms with E-state index in [1.165, 1.54) is 24.3 Å². The van der Waals surface area contributed by atoms with Gasteiger partial charge in [-0.05, 0) is 25.5 Å². The van der Waals surface area contributed by atoms with Crippen molar-refractivity contribution in [1.29, 1.82) is 5.26 Å². The van der Waals surface area contributed by atoms with Crippen molar-refractivity contribution < 1.29 is 9.72 Å². The van der Waals surface area contributed by atoms with Crippen molar-refractivity contribution in [3.63, 3.8) is 0 Å². The van der Waals surface area contributed by atoms with Gasteiger partial charge < -0.3 is 5.32 Å². The lowest BCUT2D eigenvalue weighted by molar-refractivity contribution is -0.384. The maximum absolute atomic E-state index is 11.8. The predicted molar refractivity (Wildman–Crippen MR) is 64.9 cm³/mol. The van der Waals surface area contributed by atoms with Gasteiger partial charge in [0.15, 0.2) is 0 Å². The lowest BCUT2D eigenvalue weighted by Crippen LogP contribution is -2.44. The average molecular weight is 247 g/mol. The van der Waals surface area contributed by atoms with E-state index in [2.05, 4.69) is 5.32 Å². The highest BCUT2D eigenvalue weighted by Crippen LogP contribution is 2.14. The molecule has 0 fully saturated rings. The van der Waals surface area contributed by atoms with Gasteiger partial charge in [0.05, 0.1) is 11.0 Å². The topological polar surface area (TPSA) is 96.0 Å². The third-order valence-electron chi connectivity index (χ3n) is 2.68. The summed E-state index contributed by atoms with van der Waals surface area (Å²) >= 11 is 0. The summed E-state index contributed by atoms with van der Waals surface area (Å²) in [4.78, 5) is 21.8. The Hall–Kier alpha value is -2.42. The summed E-state index contributed by atoms with van der Waals surface area (Å²) in [5.74, 6) is -0.421. The van der Waals surface area contributed by atoms with Crippen LogP contribution in [0.1, 0.15) is 30.6 Å². The molecule has 1 aromatic rings. The Morgan fingerprint density at radius 2 is 2.06 bits per heavy atom. The molecule has 1 amide bonds. The monoisotopic (exact) mass is 247 g/mol. The SMILES string of the molecule is CCC(C)(C#N)NC(=O)c1ccc([N+](=O)[O-])cc1. The summed E-state index contributed by atoms with van der Waals surface area (Å²) in [5.41, 5.74) is -0.723. The summed E-state index contributed by atoms with van der Waals surface area (Å²) in [7, 11) is 0. The first-order chi connectivity index (χ1) is 8.41. The van der Waals surface area contributed by atoms with Crippen molar-refractivity contribution >= 4 is 11.6 Å². The van der Waals surface area contributed by atoms with Crippen molar-refractivity contribution in [3.05, 3.63) is 39.9 Å². The molecule has 1 rings (SSSR count). The van der Waals surface area contributed by atoms with Crippen LogP contribution in [0.4, 0.5) is 5.69 Å². The maximum Gasteiger partial charge on any atom is 0.269 e. The van der Waals surface area contributed by atoms with E-state index in [1.807, 2.05) is 6.07 Å². The van der Waals surface area contributed by atoms with E-state index in [4.69, 9.17) is 5.26 Å². The highest BCUT2D eigenvalue weighted by Gasteiger charge is 2.24. The Kier molecular flexibility index (Phi) is 4.00. The zero-order valence-corrected chi connectivity index (χ0v) is 10.1. The van der Waals surface area contributed by atoms with E-state index in [9.17, 15) is 14.9 Å². The van der Waals surface area contributed by atoms with Crippen LogP contribution in [0.25, 0.3) is 0 Å². The largest absolute Gasteiger partial charge is 0.334 e. The molecule has 1 unspecified atom stereocenters. The van der Waals surface area contributed by atoms with Gasteiger partial charge in [-0.2, -0.15) is 5.26 Å². The van der Waals surface area contributed by atoms with E-state index < -0.39 is 16.4 Å². The fourth-order valence-electron chi connectivity index (χ4n) is 1.25. The summed E-state index contributed by atoms with van der Waals surface area (Å²) in [6, 6.07) is 7.25. The van der Waals surface area contributed by atoms with Gasteiger partial charge in [0.1, 0.15) is 5.54 Å². The number of hydrogen-bond acceptors (Lipinski definition) is 4. The molecule has 1 aromatic carbocycles. The Morgan fingerprint density at radius 1 is 1.50 bits per heavy atom. The van der Waals surface area contributed by atoms with E-state index in [0.29, 0.717) is 6.42 Å². The minimum Gasteiger partial charge on any atom is -0.334 e. The third-order valence-corrected chi connectivity index (χ3v) is 2.68. The number of nitrogens with one attached hydrogen (secondary N) is 1. The zero-order chi connectivity index (χ0) is 13.8. The number of rotatable bonds is 4. The number of amides is 1. The molecule has 1 atom stereocenters. The summed E-state index contributed by atoms with van der Waals surface area (Å²) in [6.07, 6.45) is 0.474. The van der Waals surface area contributed by atoms with Gasteiger partial charge >= 0.3 is 0 Å². The molecule has 94 valence electrons. The van der Waals surface area contributed by atoms with Crippen LogP contribution in [0.15, 0.2) is 24.3 Å². The Labute approximate surface area is 104 Å². The van der Waals surface area contributed by atoms with Gasteiger partial charge in [0, 0.05) is 17.7 Å².